The van der Waals surface area contributed by atoms with Crippen LogP contribution in [0.1, 0.15) is 19.3 Å². The lowest BCUT2D eigenvalue weighted by Crippen LogP contribution is -2.48. The van der Waals surface area contributed by atoms with Crippen molar-refractivity contribution in [2.75, 3.05) is 24.5 Å². The first-order chi connectivity index (χ1) is 10.6. The Morgan fingerprint density at radius 1 is 1.35 bits per heavy atom. The van der Waals surface area contributed by atoms with E-state index in [0.717, 1.165) is 31.6 Å². The van der Waals surface area contributed by atoms with E-state index in [9.17, 15) is 9.59 Å². The van der Waals surface area contributed by atoms with Gasteiger partial charge in [0, 0.05) is 29.8 Å². The second-order valence-corrected chi connectivity index (χ2v) is 6.30. The summed E-state index contributed by atoms with van der Waals surface area (Å²) in [5, 5.41) is 6.85. The fourth-order valence-electron chi connectivity index (χ4n) is 3.10. The first-order valence-electron chi connectivity index (χ1n) is 7.73. The van der Waals surface area contributed by atoms with Gasteiger partial charge in [0.2, 0.25) is 11.8 Å². The monoisotopic (exact) mass is 357 g/mol. The van der Waals surface area contributed by atoms with Crippen molar-refractivity contribution in [3.63, 3.8) is 0 Å². The maximum Gasteiger partial charge on any atom is 0.239 e. The SMILES string of the molecule is Cl.O=C(N[C@H]1CCCNC1)C1CCN(c2cccc(Cl)c2)C1=O. The molecule has 23 heavy (non-hydrogen) atoms. The summed E-state index contributed by atoms with van der Waals surface area (Å²) in [5.41, 5.74) is 0.757. The van der Waals surface area contributed by atoms with Crippen molar-refractivity contribution in [2.45, 2.75) is 25.3 Å². The fourth-order valence-corrected chi connectivity index (χ4v) is 3.28. The highest BCUT2D eigenvalue weighted by Gasteiger charge is 2.38. The Labute approximate surface area is 147 Å². The Bertz CT molecular complexity index is 576. The van der Waals surface area contributed by atoms with Gasteiger partial charge in [-0.15, -0.1) is 12.4 Å². The smallest absolute Gasteiger partial charge is 0.239 e. The zero-order chi connectivity index (χ0) is 15.5. The Hall–Kier alpha value is -1.30. The molecule has 5 nitrogen and oxygen atoms in total. The van der Waals surface area contributed by atoms with Crippen molar-refractivity contribution in [2.24, 2.45) is 5.92 Å². The minimum atomic E-state index is -0.582. The third-order valence-corrected chi connectivity index (χ3v) is 4.52. The first kappa shape index (κ1) is 18.0. The van der Waals surface area contributed by atoms with Gasteiger partial charge in [-0.25, -0.2) is 0 Å². The van der Waals surface area contributed by atoms with E-state index in [-0.39, 0.29) is 30.3 Å². The van der Waals surface area contributed by atoms with Crippen LogP contribution < -0.4 is 15.5 Å². The molecule has 1 aromatic carbocycles. The molecule has 0 aliphatic carbocycles. The summed E-state index contributed by atoms with van der Waals surface area (Å²) < 4.78 is 0. The number of hydrogen-bond donors (Lipinski definition) is 2. The van der Waals surface area contributed by atoms with Gasteiger partial charge in [0.05, 0.1) is 0 Å². The van der Waals surface area contributed by atoms with Crippen molar-refractivity contribution in [3.05, 3.63) is 29.3 Å². The summed E-state index contributed by atoms with van der Waals surface area (Å²) in [7, 11) is 0. The van der Waals surface area contributed by atoms with Gasteiger partial charge in [0.25, 0.3) is 0 Å². The molecule has 0 radical (unpaired) electrons. The van der Waals surface area contributed by atoms with E-state index in [1.807, 2.05) is 12.1 Å². The highest BCUT2D eigenvalue weighted by molar-refractivity contribution is 6.31. The molecule has 0 saturated carbocycles. The molecule has 0 bridgehead atoms. The van der Waals surface area contributed by atoms with E-state index in [2.05, 4.69) is 10.6 Å². The summed E-state index contributed by atoms with van der Waals surface area (Å²) in [6.45, 7) is 2.34. The standard InChI is InChI=1S/C16H20ClN3O2.ClH/c17-11-3-1-5-13(9-11)20-8-6-14(16(20)22)15(21)19-12-4-2-7-18-10-12;/h1,3,5,9,12,14,18H,2,4,6-8,10H2,(H,19,21);1H/t12-,14?;/m0./s1. The van der Waals surface area contributed by atoms with Crippen molar-refractivity contribution in [1.82, 2.24) is 10.6 Å². The van der Waals surface area contributed by atoms with Gasteiger partial charge in [-0.3, -0.25) is 9.59 Å². The molecule has 2 aliphatic heterocycles. The molecule has 0 aromatic heterocycles. The third-order valence-electron chi connectivity index (χ3n) is 4.29. The molecule has 1 unspecified atom stereocenters. The van der Waals surface area contributed by atoms with Gasteiger partial charge in [0.1, 0.15) is 5.92 Å². The molecule has 3 rings (SSSR count). The average molecular weight is 358 g/mol. The van der Waals surface area contributed by atoms with Crippen LogP contribution in [0.3, 0.4) is 0 Å². The van der Waals surface area contributed by atoms with Gasteiger partial charge in [0.15, 0.2) is 0 Å². The molecule has 2 amide bonds. The number of carbonyl (C=O) groups is 2. The summed E-state index contributed by atoms with van der Waals surface area (Å²) in [6.07, 6.45) is 2.58. The quantitative estimate of drug-likeness (QED) is 0.813. The van der Waals surface area contributed by atoms with Crippen LogP contribution in [0.15, 0.2) is 24.3 Å². The zero-order valence-corrected chi connectivity index (χ0v) is 14.3. The number of halogens is 2. The molecule has 2 atom stereocenters. The number of rotatable bonds is 3. The van der Waals surface area contributed by atoms with E-state index >= 15 is 0 Å². The Balaban J connectivity index is 0.00000192. The Morgan fingerprint density at radius 3 is 2.87 bits per heavy atom. The molecule has 2 heterocycles. The van der Waals surface area contributed by atoms with E-state index in [1.165, 1.54) is 0 Å². The molecule has 2 fully saturated rings. The predicted octanol–water partition coefficient (Wildman–Crippen LogP) is 1.98. The molecule has 126 valence electrons. The maximum absolute atomic E-state index is 12.5. The molecular formula is C16H21Cl2N3O2. The molecule has 7 heteroatoms. The normalized spacial score (nSPS) is 24.2. The highest BCUT2D eigenvalue weighted by Crippen LogP contribution is 2.27. The average Bonchev–Trinajstić information content (AvgIpc) is 2.90. The number of carbonyl (C=O) groups excluding carboxylic acids is 2. The highest BCUT2D eigenvalue weighted by atomic mass is 35.5. The molecular weight excluding hydrogens is 337 g/mol. The van der Waals surface area contributed by atoms with E-state index in [0.29, 0.717) is 18.0 Å². The fraction of sp³-hybridized carbons (Fsp3) is 0.500. The van der Waals surface area contributed by atoms with Crippen molar-refractivity contribution in [1.29, 1.82) is 0 Å². The lowest BCUT2D eigenvalue weighted by atomic mass is 10.0. The van der Waals surface area contributed by atoms with Crippen LogP contribution in [-0.2, 0) is 9.59 Å². The van der Waals surface area contributed by atoms with Crippen LogP contribution in [0.25, 0.3) is 0 Å². The van der Waals surface area contributed by atoms with Gasteiger partial charge in [-0.2, -0.15) is 0 Å². The predicted molar refractivity (Wildman–Crippen MR) is 93.2 cm³/mol. The maximum atomic E-state index is 12.5. The molecule has 0 spiro atoms. The summed E-state index contributed by atoms with van der Waals surface area (Å²) in [6, 6.07) is 7.31. The lowest BCUT2D eigenvalue weighted by molar-refractivity contribution is -0.132. The summed E-state index contributed by atoms with van der Waals surface area (Å²) in [5.74, 6) is -0.868. The van der Waals surface area contributed by atoms with Gasteiger partial charge < -0.3 is 15.5 Å². The van der Waals surface area contributed by atoms with E-state index < -0.39 is 5.92 Å². The van der Waals surface area contributed by atoms with Crippen LogP contribution in [-0.4, -0.2) is 37.5 Å². The second-order valence-electron chi connectivity index (χ2n) is 5.86. The molecule has 2 aliphatic rings. The second kappa shape index (κ2) is 7.99. The minimum Gasteiger partial charge on any atom is -0.351 e. The minimum absolute atomic E-state index is 0. The molecule has 1 aromatic rings. The third kappa shape index (κ3) is 4.16. The number of nitrogens with zero attached hydrogens (tertiary/aromatic N) is 1. The lowest BCUT2D eigenvalue weighted by Gasteiger charge is -2.25. The molecule has 2 saturated heterocycles. The number of hydrogen-bond acceptors (Lipinski definition) is 3. The van der Waals surface area contributed by atoms with Crippen LogP contribution in [0.5, 0.6) is 0 Å². The number of nitrogens with one attached hydrogen (secondary N) is 2. The number of anilines is 1. The number of benzene rings is 1. The first-order valence-corrected chi connectivity index (χ1v) is 8.11. The van der Waals surface area contributed by atoms with Crippen LogP contribution in [0.4, 0.5) is 5.69 Å². The van der Waals surface area contributed by atoms with Gasteiger partial charge >= 0.3 is 0 Å². The van der Waals surface area contributed by atoms with Gasteiger partial charge in [-0.1, -0.05) is 17.7 Å². The largest absolute Gasteiger partial charge is 0.351 e. The van der Waals surface area contributed by atoms with E-state index in [4.69, 9.17) is 11.6 Å². The zero-order valence-electron chi connectivity index (χ0n) is 12.8. The van der Waals surface area contributed by atoms with Crippen LogP contribution >= 0.6 is 24.0 Å². The molecule has 2 N–H and O–H groups in total. The summed E-state index contributed by atoms with van der Waals surface area (Å²) >= 11 is 5.97. The topological polar surface area (TPSA) is 61.4 Å². The van der Waals surface area contributed by atoms with Gasteiger partial charge in [-0.05, 0) is 44.0 Å². The van der Waals surface area contributed by atoms with Crippen molar-refractivity contribution in [3.8, 4) is 0 Å². The van der Waals surface area contributed by atoms with Crippen molar-refractivity contribution >= 4 is 41.5 Å². The number of piperidine rings is 1. The van der Waals surface area contributed by atoms with Crippen LogP contribution in [0.2, 0.25) is 5.02 Å². The summed E-state index contributed by atoms with van der Waals surface area (Å²) in [4.78, 5) is 26.5. The van der Waals surface area contributed by atoms with E-state index in [1.54, 1.807) is 17.0 Å². The van der Waals surface area contributed by atoms with Crippen LogP contribution in [0, 0.1) is 5.92 Å². The van der Waals surface area contributed by atoms with Crippen molar-refractivity contribution < 1.29 is 9.59 Å². The Kier molecular flexibility index (Phi) is 6.27. The Morgan fingerprint density at radius 2 is 2.17 bits per heavy atom. The number of amides is 2.